The van der Waals surface area contributed by atoms with Crippen molar-refractivity contribution in [2.24, 2.45) is 5.73 Å². The second kappa shape index (κ2) is 9.05. The second-order valence-electron chi connectivity index (χ2n) is 6.04. The third-order valence-corrected chi connectivity index (χ3v) is 4.76. The van der Waals surface area contributed by atoms with E-state index in [4.69, 9.17) is 5.73 Å². The van der Waals surface area contributed by atoms with Gasteiger partial charge in [-0.15, -0.1) is 0 Å². The van der Waals surface area contributed by atoms with Gasteiger partial charge in [-0.2, -0.15) is 4.37 Å². The molecular weight excluding hydrogens is 360 g/mol. The Labute approximate surface area is 161 Å². The van der Waals surface area contributed by atoms with Gasteiger partial charge in [0.15, 0.2) is 5.82 Å². The number of aromatic nitrogens is 2. The minimum Gasteiger partial charge on any atom is -0.366 e. The zero-order valence-corrected chi connectivity index (χ0v) is 15.5. The monoisotopic (exact) mass is 380 g/mol. The lowest BCUT2D eigenvalue weighted by Gasteiger charge is -2.03. The van der Waals surface area contributed by atoms with E-state index in [0.29, 0.717) is 34.9 Å². The van der Waals surface area contributed by atoms with Crippen molar-refractivity contribution < 1.29 is 9.59 Å². The molecule has 6 nitrogen and oxygen atoms in total. The number of aryl methyl sites for hydroxylation is 1. The summed E-state index contributed by atoms with van der Waals surface area (Å²) in [7, 11) is 0. The highest BCUT2D eigenvalue weighted by molar-refractivity contribution is 7.05. The van der Waals surface area contributed by atoms with Gasteiger partial charge in [-0.05, 0) is 36.0 Å². The van der Waals surface area contributed by atoms with E-state index in [-0.39, 0.29) is 5.91 Å². The highest BCUT2D eigenvalue weighted by Gasteiger charge is 2.14. The normalized spacial score (nSPS) is 10.5. The van der Waals surface area contributed by atoms with Gasteiger partial charge in [-0.3, -0.25) is 9.59 Å². The summed E-state index contributed by atoms with van der Waals surface area (Å²) in [4.78, 5) is 28.0. The van der Waals surface area contributed by atoms with Gasteiger partial charge in [0.2, 0.25) is 11.8 Å². The van der Waals surface area contributed by atoms with Gasteiger partial charge in [-0.1, -0.05) is 48.5 Å². The third-order valence-electron chi connectivity index (χ3n) is 4.05. The molecule has 3 N–H and O–H groups in total. The smallest absolute Gasteiger partial charge is 0.249 e. The minimum atomic E-state index is -0.520. The molecule has 3 aromatic rings. The Morgan fingerprint density at radius 1 is 1.04 bits per heavy atom. The first-order valence-corrected chi connectivity index (χ1v) is 9.43. The molecule has 0 radical (unpaired) electrons. The average Bonchev–Trinajstić information content (AvgIpc) is 3.16. The van der Waals surface area contributed by atoms with Crippen LogP contribution in [-0.4, -0.2) is 21.2 Å². The topological polar surface area (TPSA) is 98.0 Å². The van der Waals surface area contributed by atoms with Crippen LogP contribution in [0.25, 0.3) is 11.4 Å². The van der Waals surface area contributed by atoms with Crippen molar-refractivity contribution in [1.29, 1.82) is 0 Å². The zero-order valence-electron chi connectivity index (χ0n) is 14.7. The van der Waals surface area contributed by atoms with Gasteiger partial charge >= 0.3 is 0 Å². The molecule has 0 fully saturated rings. The van der Waals surface area contributed by atoms with Gasteiger partial charge in [-0.25, -0.2) is 4.98 Å². The molecule has 7 heteroatoms. The predicted octanol–water partition coefficient (Wildman–Crippen LogP) is 2.94. The molecule has 0 saturated carbocycles. The number of carbonyl (C=O) groups is 2. The highest BCUT2D eigenvalue weighted by Crippen LogP contribution is 2.22. The number of rotatable bonds is 8. The summed E-state index contributed by atoms with van der Waals surface area (Å²) >= 11 is 1.20. The van der Waals surface area contributed by atoms with Crippen LogP contribution in [-0.2, 0) is 17.8 Å². The van der Waals surface area contributed by atoms with Crippen LogP contribution in [0, 0.1) is 0 Å². The first kappa shape index (κ1) is 18.7. The maximum Gasteiger partial charge on any atom is 0.249 e. The molecule has 0 aliphatic heterocycles. The van der Waals surface area contributed by atoms with Crippen LogP contribution in [0.4, 0.5) is 0 Å². The molecule has 27 heavy (non-hydrogen) atoms. The Balaban J connectivity index is 1.51. The minimum absolute atomic E-state index is 0.0137. The van der Waals surface area contributed by atoms with Crippen LogP contribution in [0.2, 0.25) is 0 Å². The van der Waals surface area contributed by atoms with Crippen molar-refractivity contribution in [3.8, 4) is 11.4 Å². The molecule has 3 rings (SSSR count). The van der Waals surface area contributed by atoms with Crippen LogP contribution in [0.5, 0.6) is 0 Å². The molecule has 1 aromatic heterocycles. The molecule has 0 atom stereocenters. The summed E-state index contributed by atoms with van der Waals surface area (Å²) in [6.07, 6.45) is 2.13. The van der Waals surface area contributed by atoms with Gasteiger partial charge in [0.25, 0.3) is 0 Å². The molecule has 138 valence electrons. The van der Waals surface area contributed by atoms with Gasteiger partial charge in [0.1, 0.15) is 5.01 Å². The van der Waals surface area contributed by atoms with E-state index < -0.39 is 5.91 Å². The molecule has 0 bridgehead atoms. The van der Waals surface area contributed by atoms with Gasteiger partial charge < -0.3 is 11.1 Å². The number of benzene rings is 2. The van der Waals surface area contributed by atoms with Crippen LogP contribution >= 0.6 is 11.5 Å². The number of carbonyl (C=O) groups excluding carboxylic acids is 2. The van der Waals surface area contributed by atoms with E-state index in [1.807, 2.05) is 18.2 Å². The maximum atomic E-state index is 12.0. The fourth-order valence-corrected chi connectivity index (χ4v) is 3.28. The molecule has 0 spiro atoms. The lowest BCUT2D eigenvalue weighted by Crippen LogP contribution is -2.22. The number of hydrogen-bond donors (Lipinski definition) is 2. The third kappa shape index (κ3) is 5.21. The van der Waals surface area contributed by atoms with Crippen LogP contribution in [0.15, 0.2) is 54.6 Å². The van der Waals surface area contributed by atoms with E-state index in [1.54, 1.807) is 24.3 Å². The van der Waals surface area contributed by atoms with Crippen molar-refractivity contribution in [1.82, 2.24) is 14.7 Å². The number of hydrogen-bond acceptors (Lipinski definition) is 5. The van der Waals surface area contributed by atoms with Gasteiger partial charge in [0, 0.05) is 12.0 Å². The molecule has 0 saturated heterocycles. The number of amides is 2. The van der Waals surface area contributed by atoms with E-state index in [2.05, 4.69) is 26.8 Å². The van der Waals surface area contributed by atoms with Crippen molar-refractivity contribution in [2.75, 3.05) is 0 Å². The summed E-state index contributed by atoms with van der Waals surface area (Å²) in [6.45, 7) is 0.320. The van der Waals surface area contributed by atoms with Crippen LogP contribution < -0.4 is 11.1 Å². The molecule has 0 unspecified atom stereocenters. The number of nitrogens with two attached hydrogens (primary N) is 1. The average molecular weight is 380 g/mol. The summed E-state index contributed by atoms with van der Waals surface area (Å²) in [6, 6.07) is 17.0. The summed E-state index contributed by atoms with van der Waals surface area (Å²) < 4.78 is 4.28. The number of nitrogens with zero attached hydrogens (tertiary/aromatic N) is 2. The molecule has 2 amide bonds. The largest absolute Gasteiger partial charge is 0.366 e. The quantitative estimate of drug-likeness (QED) is 0.628. The maximum absolute atomic E-state index is 12.0. The fourth-order valence-electron chi connectivity index (χ4n) is 2.69. The van der Waals surface area contributed by atoms with E-state index in [9.17, 15) is 9.59 Å². The Kier molecular flexibility index (Phi) is 6.27. The number of primary amides is 1. The molecule has 2 aromatic carbocycles. The Hall–Kier alpha value is -3.06. The summed E-state index contributed by atoms with van der Waals surface area (Å²) in [5, 5.41) is 3.55. The first-order valence-electron chi connectivity index (χ1n) is 8.66. The summed E-state index contributed by atoms with van der Waals surface area (Å²) in [5.74, 6) is -0.0865. The second-order valence-corrected chi connectivity index (χ2v) is 6.87. The first-order chi connectivity index (χ1) is 13.1. The highest BCUT2D eigenvalue weighted by atomic mass is 32.1. The van der Waals surface area contributed by atoms with Crippen molar-refractivity contribution >= 4 is 23.3 Å². The van der Waals surface area contributed by atoms with Crippen molar-refractivity contribution in [3.05, 3.63) is 70.7 Å². The summed E-state index contributed by atoms with van der Waals surface area (Å²) in [5.41, 5.74) is 7.61. The molecule has 0 aliphatic carbocycles. The van der Waals surface area contributed by atoms with Crippen molar-refractivity contribution in [3.63, 3.8) is 0 Å². The van der Waals surface area contributed by atoms with Crippen LogP contribution in [0.1, 0.15) is 33.8 Å². The Morgan fingerprint density at radius 2 is 1.78 bits per heavy atom. The molecular formula is C20H20N4O2S. The standard InChI is InChI=1S/C20H20N4O2S/c21-19(26)15-10-4-5-11-16(15)20-23-18(27-24-20)13-22-17(25)12-6-9-14-7-2-1-3-8-14/h1-5,7-8,10-11H,6,9,12-13H2,(H2,21,26)(H,22,25). The molecule has 0 aliphatic rings. The van der Waals surface area contributed by atoms with Gasteiger partial charge in [0.05, 0.1) is 12.1 Å². The Morgan fingerprint density at radius 3 is 2.56 bits per heavy atom. The Bertz CT molecular complexity index is 924. The zero-order chi connectivity index (χ0) is 19.1. The van der Waals surface area contributed by atoms with Crippen molar-refractivity contribution in [2.45, 2.75) is 25.8 Å². The van der Waals surface area contributed by atoms with E-state index in [1.165, 1.54) is 17.1 Å². The molecule has 1 heterocycles. The number of nitrogens with one attached hydrogen (secondary N) is 1. The lowest BCUT2D eigenvalue weighted by atomic mass is 10.1. The fraction of sp³-hybridized carbons (Fsp3) is 0.200. The SMILES string of the molecule is NC(=O)c1ccccc1-c1nsc(CNC(=O)CCCc2ccccc2)n1. The van der Waals surface area contributed by atoms with E-state index in [0.717, 1.165) is 12.8 Å². The lowest BCUT2D eigenvalue weighted by molar-refractivity contribution is -0.121. The van der Waals surface area contributed by atoms with Crippen LogP contribution in [0.3, 0.4) is 0 Å². The van der Waals surface area contributed by atoms with E-state index >= 15 is 0 Å². The predicted molar refractivity (Wildman–Crippen MR) is 105 cm³/mol.